The van der Waals surface area contributed by atoms with Crippen LogP contribution in [0.25, 0.3) is 0 Å². The smallest absolute Gasteiger partial charge is 0.0790 e. The first-order valence-electron chi connectivity index (χ1n) is 6.78. The van der Waals surface area contributed by atoms with Gasteiger partial charge in [0.2, 0.25) is 0 Å². The van der Waals surface area contributed by atoms with Crippen LogP contribution in [0.1, 0.15) is 70.1 Å². The molecule has 0 saturated heterocycles. The molecule has 0 aliphatic heterocycles. The summed E-state index contributed by atoms with van der Waals surface area (Å²) in [6, 6.07) is 8.39. The summed E-state index contributed by atoms with van der Waals surface area (Å²) in [5.41, 5.74) is 2.39. The van der Waals surface area contributed by atoms with Crippen LogP contribution >= 0.6 is 0 Å². The molecule has 1 nitrogen and oxygen atoms in total. The van der Waals surface area contributed by atoms with Crippen molar-refractivity contribution in [3.8, 4) is 0 Å². The molecule has 0 spiro atoms. The van der Waals surface area contributed by atoms with Crippen LogP contribution in [0.5, 0.6) is 0 Å². The Morgan fingerprint density at radius 3 is 1.88 bits per heavy atom. The summed E-state index contributed by atoms with van der Waals surface area (Å²) >= 11 is 0. The second kappa shape index (κ2) is 6.80. The molecule has 1 heteroatoms. The number of hydrogen-bond acceptors (Lipinski definition) is 1. The van der Waals surface area contributed by atoms with Crippen molar-refractivity contribution in [1.29, 1.82) is 0 Å². The first-order chi connectivity index (χ1) is 8.00. The Labute approximate surface area is 106 Å². The lowest BCUT2D eigenvalue weighted by atomic mass is 9.97. The first-order valence-corrected chi connectivity index (χ1v) is 6.78. The number of aliphatic hydroxyl groups is 1. The van der Waals surface area contributed by atoms with Gasteiger partial charge in [-0.2, -0.15) is 0 Å². The van der Waals surface area contributed by atoms with Crippen LogP contribution in [-0.2, 0) is 0 Å². The predicted molar refractivity (Wildman–Crippen MR) is 74.2 cm³/mol. The van der Waals surface area contributed by atoms with E-state index in [2.05, 4.69) is 52.0 Å². The lowest BCUT2D eigenvalue weighted by molar-refractivity contribution is 0.162. The van der Waals surface area contributed by atoms with Crippen LogP contribution < -0.4 is 0 Å². The van der Waals surface area contributed by atoms with E-state index >= 15 is 0 Å². The highest BCUT2D eigenvalue weighted by Gasteiger charge is 2.08. The Bertz CT molecular complexity index is 311. The van der Waals surface area contributed by atoms with E-state index in [1.807, 2.05) is 0 Å². The minimum Gasteiger partial charge on any atom is -0.388 e. The normalized spacial score (nSPS) is 13.4. The Balaban J connectivity index is 2.48. The zero-order chi connectivity index (χ0) is 12.8. The van der Waals surface area contributed by atoms with Crippen molar-refractivity contribution < 1.29 is 5.11 Å². The van der Waals surface area contributed by atoms with Crippen LogP contribution in [0.3, 0.4) is 0 Å². The molecule has 0 fully saturated rings. The molecule has 0 aromatic heterocycles. The van der Waals surface area contributed by atoms with Gasteiger partial charge < -0.3 is 5.11 Å². The van der Waals surface area contributed by atoms with Crippen LogP contribution in [0.15, 0.2) is 24.3 Å². The van der Waals surface area contributed by atoms with Crippen molar-refractivity contribution in [2.75, 3.05) is 0 Å². The number of rotatable bonds is 6. The van der Waals surface area contributed by atoms with Gasteiger partial charge in [0.25, 0.3) is 0 Å². The molecule has 0 radical (unpaired) electrons. The van der Waals surface area contributed by atoms with Crippen molar-refractivity contribution in [2.45, 2.75) is 59.0 Å². The molecule has 1 atom stereocenters. The quantitative estimate of drug-likeness (QED) is 0.758. The summed E-state index contributed by atoms with van der Waals surface area (Å²) in [4.78, 5) is 0. The highest BCUT2D eigenvalue weighted by molar-refractivity contribution is 5.25. The van der Waals surface area contributed by atoms with Gasteiger partial charge in [-0.15, -0.1) is 0 Å². The summed E-state index contributed by atoms with van der Waals surface area (Å²) in [5, 5.41) is 10.1. The molecule has 1 unspecified atom stereocenters. The number of aliphatic hydroxyl groups excluding tert-OH is 1. The van der Waals surface area contributed by atoms with E-state index in [1.54, 1.807) is 0 Å². The first kappa shape index (κ1) is 14.2. The second-order valence-electron chi connectivity index (χ2n) is 5.66. The predicted octanol–water partition coefficient (Wildman–Crippen LogP) is 4.67. The maximum Gasteiger partial charge on any atom is 0.0790 e. The highest BCUT2D eigenvalue weighted by atomic mass is 16.3. The SMILES string of the molecule is CC(C)CCCC(O)c1ccc(C(C)C)cc1. The average Bonchev–Trinajstić information content (AvgIpc) is 2.28. The number of benzene rings is 1. The van der Waals surface area contributed by atoms with Crippen molar-refractivity contribution in [1.82, 2.24) is 0 Å². The van der Waals surface area contributed by atoms with Gasteiger partial charge in [0.1, 0.15) is 0 Å². The van der Waals surface area contributed by atoms with E-state index in [9.17, 15) is 5.11 Å². The lowest BCUT2D eigenvalue weighted by Crippen LogP contribution is -1.99. The molecular formula is C16H26O. The fraction of sp³-hybridized carbons (Fsp3) is 0.625. The van der Waals surface area contributed by atoms with E-state index in [-0.39, 0.29) is 6.10 Å². The van der Waals surface area contributed by atoms with E-state index < -0.39 is 0 Å². The highest BCUT2D eigenvalue weighted by Crippen LogP contribution is 2.23. The summed E-state index contributed by atoms with van der Waals surface area (Å²) in [6.07, 6.45) is 2.88. The molecule has 0 aliphatic carbocycles. The summed E-state index contributed by atoms with van der Waals surface area (Å²) in [6.45, 7) is 8.83. The van der Waals surface area contributed by atoms with E-state index in [4.69, 9.17) is 0 Å². The molecule has 0 amide bonds. The Morgan fingerprint density at radius 2 is 1.41 bits per heavy atom. The molecule has 0 aliphatic rings. The molecule has 17 heavy (non-hydrogen) atoms. The number of hydrogen-bond donors (Lipinski definition) is 1. The van der Waals surface area contributed by atoms with Gasteiger partial charge in [-0.3, -0.25) is 0 Å². The Morgan fingerprint density at radius 1 is 0.882 bits per heavy atom. The third-order valence-corrected chi connectivity index (χ3v) is 3.25. The van der Waals surface area contributed by atoms with Gasteiger partial charge in [0.05, 0.1) is 6.10 Å². The summed E-state index contributed by atoms with van der Waals surface area (Å²) in [5.74, 6) is 1.28. The van der Waals surface area contributed by atoms with Crippen LogP contribution in [0.4, 0.5) is 0 Å². The minimum atomic E-state index is -0.296. The van der Waals surface area contributed by atoms with Gasteiger partial charge in [-0.05, 0) is 29.4 Å². The zero-order valence-corrected chi connectivity index (χ0v) is 11.6. The van der Waals surface area contributed by atoms with Crippen LogP contribution in [-0.4, -0.2) is 5.11 Å². The Kier molecular flexibility index (Phi) is 5.70. The van der Waals surface area contributed by atoms with Gasteiger partial charge >= 0.3 is 0 Å². The Hall–Kier alpha value is -0.820. The molecule has 0 heterocycles. The van der Waals surface area contributed by atoms with E-state index in [0.29, 0.717) is 5.92 Å². The monoisotopic (exact) mass is 234 g/mol. The molecular weight excluding hydrogens is 208 g/mol. The summed E-state index contributed by atoms with van der Waals surface area (Å²) < 4.78 is 0. The standard InChI is InChI=1S/C16H26O/c1-12(2)6-5-7-16(17)15-10-8-14(9-11-15)13(3)4/h8-13,16-17H,5-7H2,1-4H3. The maximum absolute atomic E-state index is 10.1. The molecule has 96 valence electrons. The molecule has 1 aromatic rings. The van der Waals surface area contributed by atoms with Crippen LogP contribution in [0.2, 0.25) is 0 Å². The molecule has 0 saturated carbocycles. The van der Waals surface area contributed by atoms with Gasteiger partial charge in [-0.1, -0.05) is 64.8 Å². The third-order valence-electron chi connectivity index (χ3n) is 3.25. The summed E-state index contributed by atoms with van der Waals surface area (Å²) in [7, 11) is 0. The lowest BCUT2D eigenvalue weighted by Gasteiger charge is -2.13. The second-order valence-corrected chi connectivity index (χ2v) is 5.66. The topological polar surface area (TPSA) is 20.2 Å². The largest absolute Gasteiger partial charge is 0.388 e. The minimum absolute atomic E-state index is 0.296. The molecule has 1 rings (SSSR count). The molecule has 1 N–H and O–H groups in total. The molecule has 0 bridgehead atoms. The van der Waals surface area contributed by atoms with Crippen molar-refractivity contribution >= 4 is 0 Å². The van der Waals surface area contributed by atoms with Crippen molar-refractivity contribution in [3.05, 3.63) is 35.4 Å². The van der Waals surface area contributed by atoms with E-state index in [0.717, 1.165) is 24.3 Å². The molecule has 1 aromatic carbocycles. The van der Waals surface area contributed by atoms with E-state index in [1.165, 1.54) is 12.0 Å². The third kappa shape index (κ3) is 4.91. The van der Waals surface area contributed by atoms with Gasteiger partial charge in [-0.25, -0.2) is 0 Å². The maximum atomic E-state index is 10.1. The van der Waals surface area contributed by atoms with Gasteiger partial charge in [0.15, 0.2) is 0 Å². The average molecular weight is 234 g/mol. The fourth-order valence-electron chi connectivity index (χ4n) is 1.99. The van der Waals surface area contributed by atoms with Crippen molar-refractivity contribution in [2.24, 2.45) is 5.92 Å². The zero-order valence-electron chi connectivity index (χ0n) is 11.6. The van der Waals surface area contributed by atoms with Crippen LogP contribution in [0, 0.1) is 5.92 Å². The van der Waals surface area contributed by atoms with Gasteiger partial charge in [0, 0.05) is 0 Å². The van der Waals surface area contributed by atoms with Crippen molar-refractivity contribution in [3.63, 3.8) is 0 Å². The fourth-order valence-corrected chi connectivity index (χ4v) is 1.99.